The van der Waals surface area contributed by atoms with Crippen LogP contribution in [0.25, 0.3) is 0 Å². The Labute approximate surface area is 79.0 Å². The van der Waals surface area contributed by atoms with Gasteiger partial charge in [0.1, 0.15) is 11.3 Å². The second-order valence-electron chi connectivity index (χ2n) is 2.19. The molecular weight excluding hydrogens is 172 g/mol. The molecule has 0 aliphatic heterocycles. The van der Waals surface area contributed by atoms with Crippen molar-refractivity contribution in [3.63, 3.8) is 0 Å². The summed E-state index contributed by atoms with van der Waals surface area (Å²) in [5.74, 6) is -3.04. The average molecular weight is 183 g/mol. The highest BCUT2D eigenvalue weighted by Gasteiger charge is 2.10. The maximum Gasteiger partial charge on any atom is 0.339 e. The molecule has 0 spiro atoms. The molecule has 0 bridgehead atoms. The quantitative estimate of drug-likeness (QED) is 0.554. The second kappa shape index (κ2) is 3.71. The molecule has 0 saturated carbocycles. The molecule has 1 aromatic carbocycles. The molecule has 0 atom stereocenters. The number of para-hydroxylation sites is 1. The SMILES string of the molecule is [2H]C([2H])([2H])C(=O)Oc1ccccc1C(=O)O. The van der Waals surface area contributed by atoms with E-state index < -0.39 is 18.8 Å². The molecule has 13 heavy (non-hydrogen) atoms. The Morgan fingerprint density at radius 1 is 1.46 bits per heavy atom. The van der Waals surface area contributed by atoms with E-state index in [9.17, 15) is 9.59 Å². The first kappa shape index (κ1) is 5.75. The van der Waals surface area contributed by atoms with Crippen LogP contribution in [0.5, 0.6) is 5.75 Å². The maximum atomic E-state index is 11.0. The lowest BCUT2D eigenvalue weighted by atomic mass is 10.2. The van der Waals surface area contributed by atoms with Gasteiger partial charge in [0.25, 0.3) is 0 Å². The van der Waals surface area contributed by atoms with Gasteiger partial charge in [-0.25, -0.2) is 4.79 Å². The first-order valence-corrected chi connectivity index (χ1v) is 3.37. The van der Waals surface area contributed by atoms with Crippen molar-refractivity contribution in [1.82, 2.24) is 0 Å². The van der Waals surface area contributed by atoms with Gasteiger partial charge in [0, 0.05) is 11.0 Å². The van der Waals surface area contributed by atoms with E-state index >= 15 is 0 Å². The van der Waals surface area contributed by atoms with E-state index in [4.69, 9.17) is 9.22 Å². The molecule has 0 fully saturated rings. The van der Waals surface area contributed by atoms with Gasteiger partial charge in [-0.2, -0.15) is 0 Å². The summed E-state index contributed by atoms with van der Waals surface area (Å²) in [6.07, 6.45) is 0. The molecule has 0 radical (unpaired) electrons. The topological polar surface area (TPSA) is 63.6 Å². The van der Waals surface area contributed by atoms with Crippen molar-refractivity contribution >= 4 is 11.9 Å². The Balaban J connectivity index is 2.98. The van der Waals surface area contributed by atoms with Crippen LogP contribution < -0.4 is 4.74 Å². The molecule has 4 nitrogen and oxygen atoms in total. The Bertz CT molecular complexity index is 425. The van der Waals surface area contributed by atoms with Gasteiger partial charge in [0.05, 0.1) is 0 Å². The normalized spacial score (nSPS) is 13.7. The van der Waals surface area contributed by atoms with Crippen molar-refractivity contribution in [2.45, 2.75) is 6.85 Å². The van der Waals surface area contributed by atoms with Crippen LogP contribution in [-0.4, -0.2) is 17.0 Å². The molecule has 0 aromatic heterocycles. The van der Waals surface area contributed by atoms with Crippen LogP contribution in [0.1, 0.15) is 21.3 Å². The lowest BCUT2D eigenvalue weighted by Crippen LogP contribution is -2.06. The molecule has 4 heteroatoms. The fourth-order valence-corrected chi connectivity index (χ4v) is 0.832. The summed E-state index contributed by atoms with van der Waals surface area (Å²) in [6.45, 7) is -2.91. The molecule has 0 unspecified atom stereocenters. The van der Waals surface area contributed by atoms with Crippen LogP contribution in [0.4, 0.5) is 0 Å². The van der Waals surface area contributed by atoms with E-state index in [0.717, 1.165) is 0 Å². The number of carbonyl (C=O) groups excluding carboxylic acids is 1. The average Bonchev–Trinajstić information content (AvgIpc) is 2.16. The monoisotopic (exact) mass is 183 g/mol. The number of hydrogen-bond acceptors (Lipinski definition) is 3. The third-order valence-electron chi connectivity index (χ3n) is 1.32. The molecule has 1 rings (SSSR count). The second-order valence-corrected chi connectivity index (χ2v) is 2.19. The molecule has 0 saturated heterocycles. The number of aromatic carboxylic acids is 1. The number of carbonyl (C=O) groups is 2. The summed E-state index contributed by atoms with van der Waals surface area (Å²) in [6, 6.07) is 5.31. The molecule has 0 aliphatic rings. The number of benzene rings is 1. The highest BCUT2D eigenvalue weighted by atomic mass is 16.5. The number of rotatable bonds is 2. The van der Waals surface area contributed by atoms with Crippen molar-refractivity contribution < 1.29 is 23.5 Å². The van der Waals surface area contributed by atoms with Crippen molar-refractivity contribution in [3.8, 4) is 5.75 Å². The molecule has 0 amide bonds. The third-order valence-corrected chi connectivity index (χ3v) is 1.32. The molecule has 0 heterocycles. The molecule has 1 N–H and O–H groups in total. The number of ether oxygens (including phenoxy) is 1. The predicted octanol–water partition coefficient (Wildman–Crippen LogP) is 1.31. The van der Waals surface area contributed by atoms with Crippen molar-refractivity contribution in [2.75, 3.05) is 0 Å². The van der Waals surface area contributed by atoms with E-state index in [1.807, 2.05) is 0 Å². The van der Waals surface area contributed by atoms with Crippen LogP contribution in [0, 0.1) is 0 Å². The van der Waals surface area contributed by atoms with Crippen LogP contribution in [0.3, 0.4) is 0 Å². The Morgan fingerprint density at radius 3 is 2.77 bits per heavy atom. The van der Waals surface area contributed by atoms with Crippen molar-refractivity contribution in [3.05, 3.63) is 29.8 Å². The zero-order valence-corrected chi connectivity index (χ0v) is 6.48. The van der Waals surface area contributed by atoms with Gasteiger partial charge >= 0.3 is 11.9 Å². The zero-order valence-electron chi connectivity index (χ0n) is 9.48. The minimum absolute atomic E-state index is 0.264. The highest BCUT2D eigenvalue weighted by molar-refractivity contribution is 5.91. The first-order valence-electron chi connectivity index (χ1n) is 4.87. The van der Waals surface area contributed by atoms with Gasteiger partial charge in [-0.15, -0.1) is 0 Å². The summed E-state index contributed by atoms with van der Waals surface area (Å²) in [5.41, 5.74) is -0.264. The van der Waals surface area contributed by atoms with Crippen LogP contribution >= 0.6 is 0 Å². The lowest BCUT2D eigenvalue weighted by molar-refractivity contribution is -0.131. The summed E-state index contributed by atoms with van der Waals surface area (Å²) in [5, 5.41) is 8.75. The first-order chi connectivity index (χ1) is 7.32. The van der Waals surface area contributed by atoms with Crippen LogP contribution in [-0.2, 0) is 4.79 Å². The smallest absolute Gasteiger partial charge is 0.339 e. The van der Waals surface area contributed by atoms with Crippen molar-refractivity contribution in [2.24, 2.45) is 0 Å². The highest BCUT2D eigenvalue weighted by Crippen LogP contribution is 2.17. The van der Waals surface area contributed by atoms with E-state index in [1.165, 1.54) is 24.3 Å². The van der Waals surface area contributed by atoms with Gasteiger partial charge in [0.15, 0.2) is 0 Å². The van der Waals surface area contributed by atoms with Gasteiger partial charge in [0.2, 0.25) is 0 Å². The predicted molar refractivity (Wildman–Crippen MR) is 44.7 cm³/mol. The van der Waals surface area contributed by atoms with E-state index in [0.29, 0.717) is 0 Å². The van der Waals surface area contributed by atoms with Gasteiger partial charge in [-0.1, -0.05) is 12.1 Å². The van der Waals surface area contributed by atoms with E-state index in [2.05, 4.69) is 4.74 Å². The summed E-state index contributed by atoms with van der Waals surface area (Å²) in [7, 11) is 0. The third kappa shape index (κ3) is 2.30. The van der Waals surface area contributed by atoms with Gasteiger partial charge in [-0.05, 0) is 12.1 Å². The Hall–Kier alpha value is -1.84. The largest absolute Gasteiger partial charge is 0.478 e. The lowest BCUT2D eigenvalue weighted by Gasteiger charge is -2.03. The number of esters is 1. The number of carboxylic acid groups (broad SMARTS) is 1. The van der Waals surface area contributed by atoms with E-state index in [-0.39, 0.29) is 11.3 Å². The molecule has 1 aromatic rings. The molecular formula is C9H8O4. The minimum Gasteiger partial charge on any atom is -0.478 e. The zero-order chi connectivity index (χ0) is 12.3. The summed E-state index contributed by atoms with van der Waals surface area (Å²) < 4.78 is 24.8. The molecule has 68 valence electrons. The number of hydrogen-bond donors (Lipinski definition) is 1. The summed E-state index contributed by atoms with van der Waals surface area (Å²) >= 11 is 0. The Kier molecular flexibility index (Phi) is 1.64. The Morgan fingerprint density at radius 2 is 2.15 bits per heavy atom. The van der Waals surface area contributed by atoms with Crippen molar-refractivity contribution in [1.29, 1.82) is 0 Å². The minimum atomic E-state index is -2.91. The standard InChI is InChI=1S/C9H8O4/c1-6(10)13-8-5-3-2-4-7(8)9(11)12/h2-5H,1H3,(H,11,12)/i1D3. The van der Waals surface area contributed by atoms with Crippen LogP contribution in [0.2, 0.25) is 0 Å². The van der Waals surface area contributed by atoms with Gasteiger partial charge in [-0.3, -0.25) is 4.79 Å². The fourth-order valence-electron chi connectivity index (χ4n) is 0.832. The molecule has 0 aliphatic carbocycles. The number of carboxylic acids is 1. The summed E-state index contributed by atoms with van der Waals surface area (Å²) in [4.78, 5) is 21.8. The fraction of sp³-hybridized carbons (Fsp3) is 0.111. The maximum absolute atomic E-state index is 11.0. The van der Waals surface area contributed by atoms with Crippen LogP contribution in [0.15, 0.2) is 24.3 Å². The van der Waals surface area contributed by atoms with Gasteiger partial charge < -0.3 is 9.84 Å². The van der Waals surface area contributed by atoms with E-state index in [1.54, 1.807) is 0 Å².